The second kappa shape index (κ2) is 11.0. The van der Waals surface area contributed by atoms with Crippen LogP contribution in [0, 0.1) is 11.8 Å². The van der Waals surface area contributed by atoms with E-state index in [1.54, 1.807) is 0 Å². The van der Waals surface area contributed by atoms with Gasteiger partial charge in [0.15, 0.2) is 0 Å². The molecule has 0 aliphatic carbocycles. The van der Waals surface area contributed by atoms with Crippen LogP contribution in [0.4, 0.5) is 0 Å². The SMILES string of the molecule is CCOC(C[N+](CC(C)C)(CC(C)C)C(C)(C)c1ccccc1)Oc1ccccc1. The largest absolute Gasteiger partial charge is 0.459 e. The Balaban J connectivity index is 2.48. The molecule has 30 heavy (non-hydrogen) atoms. The first kappa shape index (κ1) is 24.4. The van der Waals surface area contributed by atoms with E-state index in [9.17, 15) is 0 Å². The molecule has 0 saturated heterocycles. The maximum atomic E-state index is 6.37. The van der Waals surface area contributed by atoms with Crippen LogP contribution in [0.15, 0.2) is 60.7 Å². The summed E-state index contributed by atoms with van der Waals surface area (Å²) in [5.74, 6) is 1.98. The highest BCUT2D eigenvalue weighted by Crippen LogP contribution is 2.38. The molecule has 0 spiro atoms. The smallest absolute Gasteiger partial charge is 0.249 e. The maximum Gasteiger partial charge on any atom is 0.249 e. The minimum Gasteiger partial charge on any atom is -0.459 e. The summed E-state index contributed by atoms with van der Waals surface area (Å²) in [4.78, 5) is 0. The summed E-state index contributed by atoms with van der Waals surface area (Å²) in [5, 5.41) is 0. The van der Waals surface area contributed by atoms with E-state index in [-0.39, 0.29) is 11.8 Å². The average molecular weight is 413 g/mol. The number of hydrogen-bond donors (Lipinski definition) is 0. The van der Waals surface area contributed by atoms with Crippen LogP contribution in [-0.4, -0.2) is 37.0 Å². The first-order valence-corrected chi connectivity index (χ1v) is 11.4. The van der Waals surface area contributed by atoms with Gasteiger partial charge in [-0.25, -0.2) is 0 Å². The molecule has 1 atom stereocenters. The van der Waals surface area contributed by atoms with Crippen molar-refractivity contribution in [2.45, 2.75) is 60.3 Å². The zero-order chi connectivity index (χ0) is 22.2. The highest BCUT2D eigenvalue weighted by Gasteiger charge is 2.47. The lowest BCUT2D eigenvalue weighted by molar-refractivity contribution is -0.989. The Labute approximate surface area is 184 Å². The topological polar surface area (TPSA) is 18.5 Å². The molecule has 0 heterocycles. The summed E-state index contributed by atoms with van der Waals surface area (Å²) in [7, 11) is 0. The minimum atomic E-state index is -0.294. The Bertz CT molecular complexity index is 715. The van der Waals surface area contributed by atoms with Crippen LogP contribution in [0.1, 0.15) is 54.0 Å². The van der Waals surface area contributed by atoms with E-state index in [4.69, 9.17) is 9.47 Å². The highest BCUT2D eigenvalue weighted by atomic mass is 16.7. The molecule has 0 aromatic heterocycles. The van der Waals surface area contributed by atoms with Crippen LogP contribution in [-0.2, 0) is 10.3 Å². The number of hydrogen-bond acceptors (Lipinski definition) is 2. The molecule has 2 rings (SSSR count). The van der Waals surface area contributed by atoms with E-state index < -0.39 is 0 Å². The predicted molar refractivity (Wildman–Crippen MR) is 126 cm³/mol. The quantitative estimate of drug-likeness (QED) is 0.293. The van der Waals surface area contributed by atoms with E-state index in [1.807, 2.05) is 37.3 Å². The molecule has 0 radical (unpaired) electrons. The molecule has 2 aromatic rings. The van der Waals surface area contributed by atoms with Crippen molar-refractivity contribution in [1.29, 1.82) is 0 Å². The molecule has 0 amide bonds. The minimum absolute atomic E-state index is 0.0782. The van der Waals surface area contributed by atoms with E-state index in [0.29, 0.717) is 18.4 Å². The van der Waals surface area contributed by atoms with Crippen LogP contribution >= 0.6 is 0 Å². The van der Waals surface area contributed by atoms with Crippen molar-refractivity contribution in [2.75, 3.05) is 26.2 Å². The molecule has 1 unspecified atom stereocenters. The van der Waals surface area contributed by atoms with Gasteiger partial charge in [0.2, 0.25) is 6.29 Å². The highest BCUT2D eigenvalue weighted by molar-refractivity contribution is 5.22. The molecule has 0 bridgehead atoms. The molecule has 3 heteroatoms. The standard InChI is InChI=1S/C27H42NO2/c1-8-29-26(30-25-17-13-10-14-18-25)21-28(19-22(2)3,20-23(4)5)27(6,7)24-15-11-9-12-16-24/h9-18,22-23,26H,8,19-21H2,1-7H3/q+1. The first-order valence-electron chi connectivity index (χ1n) is 11.4. The lowest BCUT2D eigenvalue weighted by atomic mass is 9.86. The van der Waals surface area contributed by atoms with Crippen LogP contribution in [0.3, 0.4) is 0 Å². The Kier molecular flexibility index (Phi) is 8.93. The number of rotatable bonds is 12. The molecular formula is C27H42NO2+. The third-order valence-corrected chi connectivity index (χ3v) is 5.96. The first-order chi connectivity index (χ1) is 14.2. The van der Waals surface area contributed by atoms with Crippen LogP contribution in [0.2, 0.25) is 0 Å². The molecule has 0 aliphatic heterocycles. The molecule has 0 N–H and O–H groups in total. The van der Waals surface area contributed by atoms with E-state index >= 15 is 0 Å². The third-order valence-electron chi connectivity index (χ3n) is 5.96. The van der Waals surface area contributed by atoms with Gasteiger partial charge in [-0.05, 0) is 32.9 Å². The molecule has 166 valence electrons. The van der Waals surface area contributed by atoms with Crippen LogP contribution in [0.5, 0.6) is 5.75 Å². The maximum absolute atomic E-state index is 6.37. The predicted octanol–water partition coefficient (Wildman–Crippen LogP) is 6.49. The molecular weight excluding hydrogens is 370 g/mol. The monoisotopic (exact) mass is 412 g/mol. The fraction of sp³-hybridized carbons (Fsp3) is 0.556. The summed E-state index contributed by atoms with van der Waals surface area (Å²) < 4.78 is 13.4. The number of quaternary nitrogens is 1. The second-order valence-corrected chi connectivity index (χ2v) is 9.72. The summed E-state index contributed by atoms with van der Waals surface area (Å²) in [6.45, 7) is 19.7. The van der Waals surface area contributed by atoms with E-state index in [1.165, 1.54) is 5.56 Å². The summed E-state index contributed by atoms with van der Waals surface area (Å²) >= 11 is 0. The normalized spacial score (nSPS) is 13.6. The molecule has 3 nitrogen and oxygen atoms in total. The van der Waals surface area contributed by atoms with Crippen molar-refractivity contribution in [1.82, 2.24) is 0 Å². The molecule has 2 aromatic carbocycles. The average Bonchev–Trinajstić information content (AvgIpc) is 2.68. The van der Waals surface area contributed by atoms with Gasteiger partial charge in [0.1, 0.15) is 17.8 Å². The lowest BCUT2D eigenvalue weighted by Crippen LogP contribution is -2.65. The lowest BCUT2D eigenvalue weighted by Gasteiger charge is -2.53. The number of para-hydroxylation sites is 1. The van der Waals surface area contributed by atoms with Crippen LogP contribution < -0.4 is 4.74 Å². The van der Waals surface area contributed by atoms with Gasteiger partial charge in [-0.2, -0.15) is 0 Å². The van der Waals surface area contributed by atoms with Crippen molar-refractivity contribution in [3.63, 3.8) is 0 Å². The number of ether oxygens (including phenoxy) is 2. The van der Waals surface area contributed by atoms with Crippen molar-refractivity contribution < 1.29 is 14.0 Å². The molecule has 0 saturated carbocycles. The van der Waals surface area contributed by atoms with Gasteiger partial charge < -0.3 is 14.0 Å². The van der Waals surface area contributed by atoms with E-state index in [2.05, 4.69) is 71.9 Å². The van der Waals surface area contributed by atoms with Crippen molar-refractivity contribution in [2.24, 2.45) is 11.8 Å². The van der Waals surface area contributed by atoms with Gasteiger partial charge in [-0.3, -0.25) is 0 Å². The van der Waals surface area contributed by atoms with E-state index in [0.717, 1.165) is 29.9 Å². The zero-order valence-electron chi connectivity index (χ0n) is 20.1. The number of benzene rings is 2. The molecule has 0 aliphatic rings. The number of nitrogens with zero attached hydrogens (tertiary/aromatic N) is 1. The fourth-order valence-electron chi connectivity index (χ4n) is 4.67. The Morgan fingerprint density at radius 3 is 1.73 bits per heavy atom. The molecule has 0 fully saturated rings. The Morgan fingerprint density at radius 1 is 0.767 bits per heavy atom. The van der Waals surface area contributed by atoms with Crippen molar-refractivity contribution in [3.8, 4) is 5.75 Å². The van der Waals surface area contributed by atoms with Crippen LogP contribution in [0.25, 0.3) is 0 Å². The fourth-order valence-corrected chi connectivity index (χ4v) is 4.67. The van der Waals surface area contributed by atoms with Gasteiger partial charge in [0.05, 0.1) is 13.1 Å². The van der Waals surface area contributed by atoms with Gasteiger partial charge in [0, 0.05) is 24.0 Å². The Hall–Kier alpha value is -1.84. The van der Waals surface area contributed by atoms with Gasteiger partial charge in [-0.1, -0.05) is 76.2 Å². The zero-order valence-corrected chi connectivity index (χ0v) is 20.1. The van der Waals surface area contributed by atoms with Gasteiger partial charge >= 0.3 is 0 Å². The van der Waals surface area contributed by atoms with Crippen molar-refractivity contribution >= 4 is 0 Å². The Morgan fingerprint density at radius 2 is 1.27 bits per heavy atom. The summed E-state index contributed by atoms with van der Waals surface area (Å²) in [6, 6.07) is 21.0. The summed E-state index contributed by atoms with van der Waals surface area (Å²) in [5.41, 5.74) is 1.28. The van der Waals surface area contributed by atoms with Gasteiger partial charge in [0.25, 0.3) is 0 Å². The van der Waals surface area contributed by atoms with Gasteiger partial charge in [-0.15, -0.1) is 0 Å². The summed E-state index contributed by atoms with van der Waals surface area (Å²) in [6.07, 6.45) is -0.294. The second-order valence-electron chi connectivity index (χ2n) is 9.72. The van der Waals surface area contributed by atoms with Crippen molar-refractivity contribution in [3.05, 3.63) is 66.2 Å². The third kappa shape index (κ3) is 6.33.